The van der Waals surface area contributed by atoms with Crippen molar-refractivity contribution in [2.24, 2.45) is 11.3 Å². The maximum atomic E-state index is 10.8. The van der Waals surface area contributed by atoms with Crippen LogP contribution in [0.1, 0.15) is 68.2 Å². The lowest BCUT2D eigenvalue weighted by Crippen LogP contribution is -2.20. The van der Waals surface area contributed by atoms with Gasteiger partial charge >= 0.3 is 0 Å². The highest BCUT2D eigenvalue weighted by Gasteiger charge is 2.15. The molecule has 0 aromatic heterocycles. The molecule has 134 valence electrons. The van der Waals surface area contributed by atoms with Crippen LogP contribution >= 0.6 is 0 Å². The Labute approximate surface area is 140 Å². The number of nitrogens with one attached hydrogen (secondary N) is 1. The maximum Gasteiger partial charge on any atom is 0.243 e. The molecule has 0 heterocycles. The van der Waals surface area contributed by atoms with Gasteiger partial charge in [-0.1, -0.05) is 61.0 Å². The molecule has 0 bridgehead atoms. The van der Waals surface area contributed by atoms with Gasteiger partial charge in [0.1, 0.15) is 0 Å². The van der Waals surface area contributed by atoms with E-state index in [0.29, 0.717) is 12.0 Å². The zero-order valence-electron chi connectivity index (χ0n) is 16.9. The van der Waals surface area contributed by atoms with Crippen molar-refractivity contribution in [3.63, 3.8) is 0 Å². The van der Waals surface area contributed by atoms with Crippen LogP contribution in [0.3, 0.4) is 0 Å². The van der Waals surface area contributed by atoms with Gasteiger partial charge in [-0.05, 0) is 38.8 Å². The van der Waals surface area contributed by atoms with E-state index in [1.807, 2.05) is 45.8 Å². The quantitative estimate of drug-likeness (QED) is 0.689. The average Bonchev–Trinajstić information content (AvgIpc) is 2.40. The van der Waals surface area contributed by atoms with Gasteiger partial charge in [-0.15, -0.1) is 0 Å². The van der Waals surface area contributed by atoms with Crippen molar-refractivity contribution < 1.29 is 4.79 Å². The van der Waals surface area contributed by atoms with E-state index >= 15 is 0 Å². The van der Waals surface area contributed by atoms with E-state index in [-0.39, 0.29) is 5.91 Å². The van der Waals surface area contributed by atoms with Gasteiger partial charge in [-0.25, -0.2) is 0 Å². The number of hydrogen-bond donors (Lipinski definition) is 1. The molecule has 0 unspecified atom stereocenters. The monoisotopic (exact) mass is 314 g/mol. The largest absolute Gasteiger partial charge is 0.353 e. The number of amides is 1. The minimum absolute atomic E-state index is 0.0191. The van der Waals surface area contributed by atoms with Crippen molar-refractivity contribution >= 4 is 5.91 Å². The van der Waals surface area contributed by atoms with Crippen LogP contribution in [0.5, 0.6) is 0 Å². The lowest BCUT2D eigenvalue weighted by Gasteiger charge is -2.24. The first-order valence-corrected chi connectivity index (χ1v) is 8.73. The highest BCUT2D eigenvalue weighted by atomic mass is 16.1. The molecule has 0 aromatic carbocycles. The van der Waals surface area contributed by atoms with Crippen LogP contribution in [0.4, 0.5) is 0 Å². The van der Waals surface area contributed by atoms with Crippen molar-refractivity contribution in [3.05, 3.63) is 12.2 Å². The first kappa shape index (κ1) is 26.1. The van der Waals surface area contributed by atoms with Crippen molar-refractivity contribution in [1.82, 2.24) is 10.2 Å². The van der Waals surface area contributed by atoms with E-state index in [1.165, 1.54) is 12.8 Å². The molecule has 0 fully saturated rings. The van der Waals surface area contributed by atoms with Crippen LogP contribution < -0.4 is 5.32 Å². The Bertz CT molecular complexity index is 269. The lowest BCUT2D eigenvalue weighted by atomic mass is 9.82. The summed E-state index contributed by atoms with van der Waals surface area (Å²) in [6.45, 7) is 18.9. The minimum atomic E-state index is -0.0191. The summed E-state index contributed by atoms with van der Waals surface area (Å²) in [6, 6.07) is 0. The molecule has 0 spiro atoms. The zero-order chi connectivity index (χ0) is 18.2. The molecule has 0 aliphatic heterocycles. The molecule has 0 aliphatic rings. The zero-order valence-corrected chi connectivity index (χ0v) is 16.9. The van der Waals surface area contributed by atoms with Crippen molar-refractivity contribution in [3.8, 4) is 0 Å². The predicted molar refractivity (Wildman–Crippen MR) is 101 cm³/mol. The number of hydrogen-bond acceptors (Lipinski definition) is 2. The summed E-state index contributed by atoms with van der Waals surface area (Å²) in [7, 11) is 3.92. The Morgan fingerprint density at radius 1 is 1.18 bits per heavy atom. The summed E-state index contributed by atoms with van der Waals surface area (Å²) in [5.74, 6) is 0.828. The second kappa shape index (κ2) is 16.5. The van der Waals surface area contributed by atoms with Gasteiger partial charge in [-0.2, -0.15) is 0 Å². The Hall–Kier alpha value is -0.830. The highest BCUT2D eigenvalue weighted by molar-refractivity contribution is 5.87. The van der Waals surface area contributed by atoms with E-state index in [2.05, 4.69) is 39.9 Å². The van der Waals surface area contributed by atoms with Crippen molar-refractivity contribution in [1.29, 1.82) is 0 Å². The van der Waals surface area contributed by atoms with E-state index in [0.717, 1.165) is 12.5 Å². The summed E-state index contributed by atoms with van der Waals surface area (Å²) in [5.41, 5.74) is 0.564. The Morgan fingerprint density at radius 2 is 1.68 bits per heavy atom. The fraction of sp³-hybridized carbons (Fsp3) is 0.842. The van der Waals surface area contributed by atoms with E-state index in [4.69, 9.17) is 0 Å². The van der Waals surface area contributed by atoms with E-state index < -0.39 is 0 Å². The van der Waals surface area contributed by atoms with Crippen LogP contribution in [0.2, 0.25) is 0 Å². The van der Waals surface area contributed by atoms with Crippen LogP contribution in [0.15, 0.2) is 12.2 Å². The number of nitrogens with zero attached hydrogens (tertiary/aromatic N) is 1. The summed E-state index contributed by atoms with van der Waals surface area (Å²) in [6.07, 6.45) is 6.04. The smallest absolute Gasteiger partial charge is 0.243 e. The molecule has 0 atom stereocenters. The van der Waals surface area contributed by atoms with Gasteiger partial charge in [0.2, 0.25) is 5.91 Å². The number of carbonyl (C=O) groups excluding carboxylic acids is 1. The first-order valence-electron chi connectivity index (χ1n) is 8.73. The molecule has 0 saturated heterocycles. The first-order chi connectivity index (χ1) is 10.1. The molecule has 0 saturated carbocycles. The van der Waals surface area contributed by atoms with Crippen molar-refractivity contribution in [2.75, 3.05) is 27.2 Å². The lowest BCUT2D eigenvalue weighted by molar-refractivity contribution is -0.116. The molecular weight excluding hydrogens is 272 g/mol. The minimum Gasteiger partial charge on any atom is -0.353 e. The Morgan fingerprint density at radius 3 is 1.95 bits per heavy atom. The van der Waals surface area contributed by atoms with Crippen LogP contribution in [0.25, 0.3) is 0 Å². The molecule has 0 aliphatic carbocycles. The molecule has 3 heteroatoms. The second-order valence-electron chi connectivity index (χ2n) is 6.67. The van der Waals surface area contributed by atoms with Crippen LogP contribution in [-0.2, 0) is 4.79 Å². The third kappa shape index (κ3) is 24.2. The van der Waals surface area contributed by atoms with Crippen LogP contribution in [-0.4, -0.2) is 38.0 Å². The molecule has 0 radical (unpaired) electrons. The fourth-order valence-electron chi connectivity index (χ4n) is 1.85. The fourth-order valence-corrected chi connectivity index (χ4v) is 1.85. The van der Waals surface area contributed by atoms with E-state index in [1.54, 1.807) is 6.08 Å². The number of likely N-dealkylation sites (N-methyl/N-ethyl adjacent to an activating group) is 2. The van der Waals surface area contributed by atoms with Gasteiger partial charge < -0.3 is 10.2 Å². The normalized spacial score (nSPS) is 10.9. The van der Waals surface area contributed by atoms with Gasteiger partial charge in [0, 0.05) is 19.2 Å². The summed E-state index contributed by atoms with van der Waals surface area (Å²) in [4.78, 5) is 12.8. The van der Waals surface area contributed by atoms with Crippen LogP contribution in [0, 0.1) is 11.3 Å². The summed E-state index contributed by atoms with van der Waals surface area (Å²) in [5, 5.41) is 2.67. The standard InChI is InChI=1S/C9H20.C8H16N2O.C2H6/c1-6-9(4,5)7-8(2)3;1-4-9-8(11)6-5-7-10(2)3;1-2/h8H,6-7H2,1-5H3;5-6H,4,7H2,1-3H3,(H,9,11);1-2H3/b;6-5+;. The molecule has 1 N–H and O–H groups in total. The maximum absolute atomic E-state index is 10.8. The predicted octanol–water partition coefficient (Wildman–Crippen LogP) is 4.74. The third-order valence-corrected chi connectivity index (χ3v) is 3.01. The third-order valence-electron chi connectivity index (χ3n) is 3.01. The summed E-state index contributed by atoms with van der Waals surface area (Å²) >= 11 is 0. The number of rotatable bonds is 7. The second-order valence-corrected chi connectivity index (χ2v) is 6.67. The number of carbonyl (C=O) groups is 1. The molecule has 0 aromatic rings. The summed E-state index contributed by atoms with van der Waals surface area (Å²) < 4.78 is 0. The van der Waals surface area contributed by atoms with Gasteiger partial charge in [-0.3, -0.25) is 4.79 Å². The topological polar surface area (TPSA) is 32.3 Å². The molecule has 3 nitrogen and oxygen atoms in total. The van der Waals surface area contributed by atoms with Gasteiger partial charge in [0.25, 0.3) is 0 Å². The molecular formula is C19H42N2O. The molecule has 0 rings (SSSR count). The van der Waals surface area contributed by atoms with E-state index in [9.17, 15) is 4.79 Å². The SMILES string of the molecule is CC.CCC(C)(C)CC(C)C.CCNC(=O)/C=C/CN(C)C. The highest BCUT2D eigenvalue weighted by Crippen LogP contribution is 2.28. The molecule has 1 amide bonds. The Balaban J connectivity index is -0.000000299. The van der Waals surface area contributed by atoms with Gasteiger partial charge in [0.05, 0.1) is 0 Å². The van der Waals surface area contributed by atoms with Crippen molar-refractivity contribution in [2.45, 2.75) is 68.2 Å². The molecule has 22 heavy (non-hydrogen) atoms. The average molecular weight is 315 g/mol. The van der Waals surface area contributed by atoms with Gasteiger partial charge in [0.15, 0.2) is 0 Å². The Kier molecular flexibility index (Phi) is 19.6.